The number of rotatable bonds is 4. The van der Waals surface area contributed by atoms with Gasteiger partial charge in [0, 0.05) is 11.6 Å². The summed E-state index contributed by atoms with van der Waals surface area (Å²) in [6, 6.07) is 13.0. The zero-order chi connectivity index (χ0) is 14.7. The van der Waals surface area contributed by atoms with Gasteiger partial charge in [-0.05, 0) is 35.4 Å². The third-order valence-corrected chi connectivity index (χ3v) is 3.42. The number of hydrogen-bond acceptors (Lipinski definition) is 3. The van der Waals surface area contributed by atoms with Crippen LogP contribution >= 0.6 is 11.6 Å². The number of carbonyl (C=O) groups is 1. The fourth-order valence-corrected chi connectivity index (χ4v) is 2.19. The van der Waals surface area contributed by atoms with Gasteiger partial charge in [0.05, 0.1) is 6.42 Å². The van der Waals surface area contributed by atoms with Gasteiger partial charge in [-0.15, -0.1) is 0 Å². The predicted molar refractivity (Wildman–Crippen MR) is 81.0 cm³/mol. The summed E-state index contributed by atoms with van der Waals surface area (Å²) < 4.78 is 5.23. The van der Waals surface area contributed by atoms with E-state index in [0.717, 1.165) is 16.6 Å². The van der Waals surface area contributed by atoms with Crippen LogP contribution in [-0.4, -0.2) is 10.9 Å². The van der Waals surface area contributed by atoms with Crippen molar-refractivity contribution in [3.63, 3.8) is 0 Å². The van der Waals surface area contributed by atoms with Crippen LogP contribution in [0.15, 0.2) is 53.3 Å². The van der Waals surface area contributed by atoms with Crippen LogP contribution in [0.3, 0.4) is 0 Å². The molecule has 0 aliphatic heterocycles. The molecule has 0 bridgehead atoms. The number of fused-ring (bicyclic) bond motifs is 1. The number of benzene rings is 2. The van der Waals surface area contributed by atoms with Gasteiger partial charge >= 0.3 is 0 Å². The molecular weight excluding hydrogens is 288 g/mol. The molecule has 0 spiro atoms. The van der Waals surface area contributed by atoms with Gasteiger partial charge in [-0.1, -0.05) is 29.8 Å². The smallest absolute Gasteiger partial charge is 0.224 e. The summed E-state index contributed by atoms with van der Waals surface area (Å²) in [6.45, 7) is 0.487. The molecule has 1 aromatic heterocycles. The van der Waals surface area contributed by atoms with E-state index in [1.807, 2.05) is 30.3 Å². The lowest BCUT2D eigenvalue weighted by Gasteiger charge is -2.05. The van der Waals surface area contributed by atoms with E-state index in [4.69, 9.17) is 16.0 Å². The second-order valence-corrected chi connectivity index (χ2v) is 5.17. The lowest BCUT2D eigenvalue weighted by atomic mass is 10.1. The van der Waals surface area contributed by atoms with E-state index in [1.165, 1.54) is 6.39 Å². The first-order valence-corrected chi connectivity index (χ1v) is 6.92. The fourth-order valence-electron chi connectivity index (χ4n) is 2.06. The molecule has 2 aromatic carbocycles. The second kappa shape index (κ2) is 5.97. The van der Waals surface area contributed by atoms with Gasteiger partial charge < -0.3 is 9.73 Å². The molecule has 4 nitrogen and oxygen atoms in total. The number of amides is 1. The van der Waals surface area contributed by atoms with Gasteiger partial charge in [0.2, 0.25) is 5.91 Å². The average molecular weight is 301 g/mol. The van der Waals surface area contributed by atoms with Crippen LogP contribution in [0.25, 0.3) is 11.1 Å². The first-order valence-electron chi connectivity index (χ1n) is 6.54. The largest absolute Gasteiger partial charge is 0.443 e. The summed E-state index contributed by atoms with van der Waals surface area (Å²) in [6.07, 6.45) is 1.71. The number of carbonyl (C=O) groups excluding carboxylic acids is 1. The van der Waals surface area contributed by atoms with Gasteiger partial charge in [0.15, 0.2) is 12.0 Å². The molecule has 0 fully saturated rings. The van der Waals surface area contributed by atoms with Crippen molar-refractivity contribution in [2.24, 2.45) is 0 Å². The molecule has 0 saturated carbocycles. The maximum absolute atomic E-state index is 11.9. The molecule has 0 unspecified atom stereocenters. The van der Waals surface area contributed by atoms with Crippen molar-refractivity contribution in [1.82, 2.24) is 10.3 Å². The average Bonchev–Trinajstić information content (AvgIpc) is 2.94. The number of aromatic nitrogens is 1. The minimum Gasteiger partial charge on any atom is -0.443 e. The monoisotopic (exact) mass is 300 g/mol. The molecule has 0 saturated heterocycles. The van der Waals surface area contributed by atoms with Crippen molar-refractivity contribution in [3.8, 4) is 0 Å². The number of halogens is 1. The molecule has 5 heteroatoms. The van der Waals surface area contributed by atoms with E-state index >= 15 is 0 Å². The molecule has 0 radical (unpaired) electrons. The maximum Gasteiger partial charge on any atom is 0.224 e. The molecule has 21 heavy (non-hydrogen) atoms. The van der Waals surface area contributed by atoms with Crippen molar-refractivity contribution in [1.29, 1.82) is 0 Å². The lowest BCUT2D eigenvalue weighted by Crippen LogP contribution is -2.24. The Hall–Kier alpha value is -2.33. The molecule has 3 rings (SSSR count). The lowest BCUT2D eigenvalue weighted by molar-refractivity contribution is -0.120. The van der Waals surface area contributed by atoms with Crippen molar-refractivity contribution >= 4 is 28.6 Å². The predicted octanol–water partition coefficient (Wildman–Crippen LogP) is 3.34. The Labute approximate surface area is 126 Å². The molecule has 1 amide bonds. The maximum atomic E-state index is 11.9. The highest BCUT2D eigenvalue weighted by atomic mass is 35.5. The van der Waals surface area contributed by atoms with Crippen LogP contribution in [-0.2, 0) is 17.8 Å². The van der Waals surface area contributed by atoms with Crippen molar-refractivity contribution in [3.05, 3.63) is 65.0 Å². The number of hydrogen-bond donors (Lipinski definition) is 1. The van der Waals surface area contributed by atoms with Crippen LogP contribution in [0.1, 0.15) is 11.1 Å². The highest BCUT2D eigenvalue weighted by Gasteiger charge is 2.06. The van der Waals surface area contributed by atoms with E-state index in [9.17, 15) is 4.79 Å². The Bertz CT molecular complexity index is 765. The number of oxazole rings is 1. The Morgan fingerprint density at radius 1 is 1.14 bits per heavy atom. The molecule has 0 aliphatic rings. The summed E-state index contributed by atoms with van der Waals surface area (Å²) in [7, 11) is 0. The van der Waals surface area contributed by atoms with Crippen molar-refractivity contribution in [2.45, 2.75) is 13.0 Å². The van der Waals surface area contributed by atoms with Gasteiger partial charge in [-0.3, -0.25) is 4.79 Å². The van der Waals surface area contributed by atoms with Crippen LogP contribution < -0.4 is 5.32 Å². The normalized spacial score (nSPS) is 10.7. The SMILES string of the molecule is O=C(Cc1ccc2ncoc2c1)NCc1ccc(Cl)cc1. The van der Waals surface area contributed by atoms with E-state index in [0.29, 0.717) is 23.6 Å². The van der Waals surface area contributed by atoms with Gasteiger partial charge in [0.25, 0.3) is 0 Å². The Kier molecular flexibility index (Phi) is 3.88. The van der Waals surface area contributed by atoms with Gasteiger partial charge in [-0.25, -0.2) is 4.98 Å². The first-order chi connectivity index (χ1) is 10.2. The minimum absolute atomic E-state index is 0.0381. The molecule has 3 aromatic rings. The van der Waals surface area contributed by atoms with Crippen LogP contribution in [0.2, 0.25) is 5.02 Å². The third kappa shape index (κ3) is 3.41. The Morgan fingerprint density at radius 3 is 2.71 bits per heavy atom. The highest BCUT2D eigenvalue weighted by molar-refractivity contribution is 6.30. The van der Waals surface area contributed by atoms with Crippen LogP contribution in [0.5, 0.6) is 0 Å². The van der Waals surface area contributed by atoms with Crippen LogP contribution in [0.4, 0.5) is 0 Å². The quantitative estimate of drug-likeness (QED) is 0.804. The van der Waals surface area contributed by atoms with Gasteiger partial charge in [0.1, 0.15) is 5.52 Å². The van der Waals surface area contributed by atoms with E-state index in [-0.39, 0.29) is 5.91 Å². The summed E-state index contributed by atoms with van der Waals surface area (Å²) in [5, 5.41) is 3.57. The van der Waals surface area contributed by atoms with Gasteiger partial charge in [-0.2, -0.15) is 0 Å². The minimum atomic E-state index is -0.0381. The number of nitrogens with one attached hydrogen (secondary N) is 1. The summed E-state index contributed by atoms with van der Waals surface area (Å²) in [5.74, 6) is -0.0381. The molecule has 1 heterocycles. The first kappa shape index (κ1) is 13.6. The highest BCUT2D eigenvalue weighted by Crippen LogP contribution is 2.14. The summed E-state index contributed by atoms with van der Waals surface area (Å²) in [4.78, 5) is 16.0. The third-order valence-electron chi connectivity index (χ3n) is 3.16. The zero-order valence-electron chi connectivity index (χ0n) is 11.2. The summed E-state index contributed by atoms with van der Waals surface area (Å²) >= 11 is 5.82. The molecule has 106 valence electrons. The number of nitrogens with zero attached hydrogens (tertiary/aromatic N) is 1. The second-order valence-electron chi connectivity index (χ2n) is 4.73. The van der Waals surface area contributed by atoms with E-state index in [1.54, 1.807) is 12.1 Å². The van der Waals surface area contributed by atoms with E-state index < -0.39 is 0 Å². The van der Waals surface area contributed by atoms with Crippen molar-refractivity contribution in [2.75, 3.05) is 0 Å². The fraction of sp³-hybridized carbons (Fsp3) is 0.125. The molecule has 0 aliphatic carbocycles. The standard InChI is InChI=1S/C16H13ClN2O2/c17-13-4-1-11(2-5-13)9-18-16(20)8-12-3-6-14-15(7-12)21-10-19-14/h1-7,10H,8-9H2,(H,18,20). The molecular formula is C16H13ClN2O2. The molecule has 1 N–H and O–H groups in total. The summed E-state index contributed by atoms with van der Waals surface area (Å²) in [5.41, 5.74) is 3.39. The molecule has 0 atom stereocenters. The topological polar surface area (TPSA) is 55.1 Å². The Morgan fingerprint density at radius 2 is 1.90 bits per heavy atom. The van der Waals surface area contributed by atoms with Crippen LogP contribution in [0, 0.1) is 0 Å². The van der Waals surface area contributed by atoms with Crippen molar-refractivity contribution < 1.29 is 9.21 Å². The zero-order valence-corrected chi connectivity index (χ0v) is 11.9. The Balaban J connectivity index is 1.59. The van der Waals surface area contributed by atoms with E-state index in [2.05, 4.69) is 10.3 Å².